The summed E-state index contributed by atoms with van der Waals surface area (Å²) in [6.45, 7) is 10.8. The first-order chi connectivity index (χ1) is 11.3. The van der Waals surface area contributed by atoms with Crippen molar-refractivity contribution in [2.45, 2.75) is 47.1 Å². The highest BCUT2D eigenvalue weighted by atomic mass is 16.5. The minimum atomic E-state index is -0.417. The topological polar surface area (TPSA) is 88.7 Å². The first kappa shape index (κ1) is 19.8. The first-order valence-electron chi connectivity index (χ1n) is 8.38. The number of carbonyl (C=O) groups excluding carboxylic acids is 1. The minimum absolute atomic E-state index is 0.108. The Morgan fingerprint density at radius 1 is 1.25 bits per heavy atom. The van der Waals surface area contributed by atoms with E-state index in [4.69, 9.17) is 10.5 Å². The molecule has 0 aliphatic rings. The summed E-state index contributed by atoms with van der Waals surface area (Å²) < 4.78 is 4.94. The van der Waals surface area contributed by atoms with Gasteiger partial charge in [-0.15, -0.1) is 0 Å². The second kappa shape index (κ2) is 9.80. The van der Waals surface area contributed by atoms with Gasteiger partial charge in [0.25, 0.3) is 0 Å². The first-order valence-corrected chi connectivity index (χ1v) is 8.38. The van der Waals surface area contributed by atoms with Crippen molar-refractivity contribution >= 4 is 17.7 Å². The number of ether oxygens (including phenoxy) is 1. The van der Waals surface area contributed by atoms with Crippen LogP contribution in [0.4, 0.5) is 10.5 Å². The van der Waals surface area contributed by atoms with Crippen molar-refractivity contribution in [1.29, 1.82) is 0 Å². The fourth-order valence-electron chi connectivity index (χ4n) is 2.53. The van der Waals surface area contributed by atoms with Crippen molar-refractivity contribution in [1.82, 2.24) is 5.32 Å². The summed E-state index contributed by atoms with van der Waals surface area (Å²) >= 11 is 0. The average molecular weight is 334 g/mol. The zero-order chi connectivity index (χ0) is 18.1. The summed E-state index contributed by atoms with van der Waals surface area (Å²) in [7, 11) is 0. The lowest BCUT2D eigenvalue weighted by Gasteiger charge is -2.19. The number of hydrogen-bond acceptors (Lipinski definition) is 3. The van der Waals surface area contributed by atoms with Crippen molar-refractivity contribution in [3.63, 3.8) is 0 Å². The SMILES string of the molecule is CCOC(=O)NC(CN=C(N)Nc1cc(C)cc(C)c1)CC(C)C. The molecule has 1 unspecified atom stereocenters. The second-order valence-electron chi connectivity index (χ2n) is 6.42. The summed E-state index contributed by atoms with van der Waals surface area (Å²) in [4.78, 5) is 16.0. The molecule has 6 heteroatoms. The number of aryl methyl sites for hydroxylation is 2. The van der Waals surface area contributed by atoms with Gasteiger partial charge in [-0.2, -0.15) is 0 Å². The molecule has 0 fully saturated rings. The van der Waals surface area contributed by atoms with E-state index in [1.807, 2.05) is 26.0 Å². The summed E-state index contributed by atoms with van der Waals surface area (Å²) in [6, 6.07) is 6.01. The minimum Gasteiger partial charge on any atom is -0.450 e. The number of alkyl carbamates (subject to hydrolysis) is 1. The van der Waals surface area contributed by atoms with E-state index in [9.17, 15) is 4.79 Å². The predicted octanol–water partition coefficient (Wildman–Crippen LogP) is 3.19. The molecule has 24 heavy (non-hydrogen) atoms. The number of rotatable bonds is 7. The van der Waals surface area contributed by atoms with E-state index < -0.39 is 6.09 Å². The number of nitrogens with two attached hydrogens (primary N) is 1. The molecule has 0 bridgehead atoms. The molecular weight excluding hydrogens is 304 g/mol. The fraction of sp³-hybridized carbons (Fsp3) is 0.556. The number of guanidine groups is 1. The van der Waals surface area contributed by atoms with E-state index in [1.54, 1.807) is 6.92 Å². The van der Waals surface area contributed by atoms with Crippen molar-refractivity contribution in [3.05, 3.63) is 29.3 Å². The molecule has 6 nitrogen and oxygen atoms in total. The molecule has 134 valence electrons. The van der Waals surface area contributed by atoms with Crippen molar-refractivity contribution in [2.24, 2.45) is 16.6 Å². The van der Waals surface area contributed by atoms with Gasteiger partial charge in [-0.25, -0.2) is 4.79 Å². The Hall–Kier alpha value is -2.24. The van der Waals surface area contributed by atoms with Gasteiger partial charge in [0.2, 0.25) is 0 Å². The number of carbonyl (C=O) groups is 1. The van der Waals surface area contributed by atoms with Gasteiger partial charge in [0.15, 0.2) is 5.96 Å². The fourth-order valence-corrected chi connectivity index (χ4v) is 2.53. The Morgan fingerprint density at radius 2 is 1.88 bits per heavy atom. The van der Waals surface area contributed by atoms with Crippen LogP contribution in [-0.2, 0) is 4.74 Å². The standard InChI is InChI=1S/C18H30N4O2/c1-6-24-18(23)22-16(7-12(2)3)11-20-17(19)21-15-9-13(4)8-14(5)10-15/h8-10,12,16H,6-7,11H2,1-5H3,(H,22,23)(H3,19,20,21). The largest absolute Gasteiger partial charge is 0.450 e. The summed E-state index contributed by atoms with van der Waals surface area (Å²) in [6.07, 6.45) is 0.387. The average Bonchev–Trinajstić information content (AvgIpc) is 2.43. The van der Waals surface area contributed by atoms with Crippen LogP contribution < -0.4 is 16.4 Å². The molecule has 0 heterocycles. The zero-order valence-corrected chi connectivity index (χ0v) is 15.3. The molecule has 1 amide bonds. The number of aliphatic imine (C=N–C) groups is 1. The third-order valence-electron chi connectivity index (χ3n) is 3.33. The van der Waals surface area contributed by atoms with Gasteiger partial charge >= 0.3 is 6.09 Å². The number of nitrogens with zero attached hydrogens (tertiary/aromatic N) is 1. The van der Waals surface area contributed by atoms with Crippen molar-refractivity contribution < 1.29 is 9.53 Å². The van der Waals surface area contributed by atoms with E-state index in [0.29, 0.717) is 25.0 Å². The lowest BCUT2D eigenvalue weighted by Crippen LogP contribution is -2.39. The zero-order valence-electron chi connectivity index (χ0n) is 15.3. The molecular formula is C18H30N4O2. The molecule has 0 saturated carbocycles. The molecule has 1 atom stereocenters. The highest BCUT2D eigenvalue weighted by Crippen LogP contribution is 2.13. The normalized spacial score (nSPS) is 12.8. The Morgan fingerprint density at radius 3 is 2.42 bits per heavy atom. The van der Waals surface area contributed by atoms with Gasteiger partial charge in [0.1, 0.15) is 0 Å². The summed E-state index contributed by atoms with van der Waals surface area (Å²) in [5.41, 5.74) is 9.20. The smallest absolute Gasteiger partial charge is 0.407 e. The van der Waals surface area contributed by atoms with E-state index in [2.05, 4.69) is 35.5 Å². The van der Waals surface area contributed by atoms with E-state index in [1.165, 1.54) is 0 Å². The van der Waals surface area contributed by atoms with Gasteiger partial charge in [-0.3, -0.25) is 4.99 Å². The molecule has 0 aromatic heterocycles. The van der Waals surface area contributed by atoms with Gasteiger partial charge < -0.3 is 21.1 Å². The second-order valence-corrected chi connectivity index (χ2v) is 6.42. The van der Waals surface area contributed by atoms with Gasteiger partial charge in [-0.05, 0) is 56.4 Å². The van der Waals surface area contributed by atoms with E-state index in [0.717, 1.165) is 23.2 Å². The summed E-state index contributed by atoms with van der Waals surface area (Å²) in [5.74, 6) is 0.764. The number of benzene rings is 1. The van der Waals surface area contributed by atoms with Crippen LogP contribution in [0.2, 0.25) is 0 Å². The third kappa shape index (κ3) is 7.85. The number of amides is 1. The number of anilines is 1. The molecule has 4 N–H and O–H groups in total. The molecule has 0 aliphatic carbocycles. The maximum absolute atomic E-state index is 11.6. The van der Waals surface area contributed by atoms with Crippen LogP contribution >= 0.6 is 0 Å². The molecule has 0 spiro atoms. The lowest BCUT2D eigenvalue weighted by atomic mass is 10.0. The van der Waals surface area contributed by atoms with Gasteiger partial charge in [-0.1, -0.05) is 19.9 Å². The maximum Gasteiger partial charge on any atom is 0.407 e. The Labute approximate surface area is 144 Å². The highest BCUT2D eigenvalue weighted by Gasteiger charge is 2.14. The van der Waals surface area contributed by atoms with Crippen LogP contribution in [-0.4, -0.2) is 31.2 Å². The van der Waals surface area contributed by atoms with Crippen LogP contribution in [0, 0.1) is 19.8 Å². The summed E-state index contributed by atoms with van der Waals surface area (Å²) in [5, 5.41) is 5.93. The van der Waals surface area contributed by atoms with E-state index >= 15 is 0 Å². The van der Waals surface area contributed by atoms with Crippen LogP contribution in [0.5, 0.6) is 0 Å². The van der Waals surface area contributed by atoms with Crippen LogP contribution in [0.15, 0.2) is 23.2 Å². The maximum atomic E-state index is 11.6. The molecule has 0 saturated heterocycles. The third-order valence-corrected chi connectivity index (χ3v) is 3.33. The molecule has 1 aromatic carbocycles. The van der Waals surface area contributed by atoms with Crippen LogP contribution in [0.1, 0.15) is 38.3 Å². The molecule has 1 aromatic rings. The Balaban J connectivity index is 2.67. The van der Waals surface area contributed by atoms with Crippen molar-refractivity contribution in [3.8, 4) is 0 Å². The molecule has 0 aliphatic heterocycles. The number of nitrogens with one attached hydrogen (secondary N) is 2. The number of hydrogen-bond donors (Lipinski definition) is 3. The van der Waals surface area contributed by atoms with Gasteiger partial charge in [0.05, 0.1) is 19.2 Å². The monoisotopic (exact) mass is 334 g/mol. The lowest BCUT2D eigenvalue weighted by molar-refractivity contribution is 0.147. The quantitative estimate of drug-likeness (QED) is 0.528. The van der Waals surface area contributed by atoms with Gasteiger partial charge in [0, 0.05) is 5.69 Å². The highest BCUT2D eigenvalue weighted by molar-refractivity contribution is 5.92. The van der Waals surface area contributed by atoms with Crippen molar-refractivity contribution in [2.75, 3.05) is 18.5 Å². The Kier molecular flexibility index (Phi) is 8.09. The molecule has 0 radical (unpaired) electrons. The predicted molar refractivity (Wildman–Crippen MR) is 99.4 cm³/mol. The molecule has 1 rings (SSSR count). The Bertz CT molecular complexity index is 550. The van der Waals surface area contributed by atoms with E-state index in [-0.39, 0.29) is 6.04 Å². The van der Waals surface area contributed by atoms with Crippen LogP contribution in [0.3, 0.4) is 0 Å². The van der Waals surface area contributed by atoms with Crippen LogP contribution in [0.25, 0.3) is 0 Å².